The summed E-state index contributed by atoms with van der Waals surface area (Å²) in [5.74, 6) is -12.6. The van der Waals surface area contributed by atoms with E-state index in [0.717, 1.165) is 12.1 Å². The predicted octanol–water partition coefficient (Wildman–Crippen LogP) is 2.84. The lowest BCUT2D eigenvalue weighted by Crippen LogP contribution is -2.13. The van der Waals surface area contributed by atoms with Gasteiger partial charge in [0, 0.05) is 5.56 Å². The minimum absolute atomic E-state index is 0.103. The molecule has 1 amide bonds. The fourth-order valence-corrected chi connectivity index (χ4v) is 1.77. The van der Waals surface area contributed by atoms with Crippen LogP contribution >= 0.6 is 0 Å². The Kier molecular flexibility index (Phi) is 4.82. The molecule has 24 heavy (non-hydrogen) atoms. The standard InChI is InChI=1S/C15H8F5NO3/c16-9-8(10(17)12(19)13(20)11(9)18)5-24-15(23)7-3-1-6(2-4-7)14(21)22/h1-4H,5H2,(H2,21,22). The van der Waals surface area contributed by atoms with Crippen LogP contribution in [0.4, 0.5) is 22.0 Å². The van der Waals surface area contributed by atoms with Crippen molar-refractivity contribution in [3.63, 3.8) is 0 Å². The van der Waals surface area contributed by atoms with Gasteiger partial charge >= 0.3 is 5.97 Å². The third-order valence-corrected chi connectivity index (χ3v) is 3.05. The van der Waals surface area contributed by atoms with Crippen LogP contribution in [0.25, 0.3) is 0 Å². The highest BCUT2D eigenvalue weighted by molar-refractivity contribution is 5.95. The van der Waals surface area contributed by atoms with Gasteiger partial charge in [0.05, 0.1) is 11.1 Å². The minimum atomic E-state index is -2.30. The highest BCUT2D eigenvalue weighted by Gasteiger charge is 2.26. The van der Waals surface area contributed by atoms with Crippen molar-refractivity contribution in [1.82, 2.24) is 0 Å². The van der Waals surface area contributed by atoms with E-state index in [1.54, 1.807) is 0 Å². The van der Waals surface area contributed by atoms with Gasteiger partial charge in [-0.05, 0) is 24.3 Å². The van der Waals surface area contributed by atoms with Gasteiger partial charge in [-0.2, -0.15) is 0 Å². The van der Waals surface area contributed by atoms with Crippen LogP contribution in [0.5, 0.6) is 0 Å². The van der Waals surface area contributed by atoms with Crippen LogP contribution in [0.3, 0.4) is 0 Å². The van der Waals surface area contributed by atoms with E-state index in [-0.39, 0.29) is 11.1 Å². The van der Waals surface area contributed by atoms with Crippen LogP contribution in [0.15, 0.2) is 24.3 Å². The second-order valence-corrected chi connectivity index (χ2v) is 4.57. The number of ether oxygens (including phenoxy) is 1. The molecule has 9 heteroatoms. The van der Waals surface area contributed by atoms with Crippen molar-refractivity contribution in [2.24, 2.45) is 5.73 Å². The first-order valence-electron chi connectivity index (χ1n) is 6.31. The van der Waals surface area contributed by atoms with Gasteiger partial charge in [0.25, 0.3) is 0 Å². The average molecular weight is 345 g/mol. The Morgan fingerprint density at radius 1 is 0.792 bits per heavy atom. The molecule has 0 unspecified atom stereocenters. The average Bonchev–Trinajstić information content (AvgIpc) is 2.58. The van der Waals surface area contributed by atoms with Crippen LogP contribution in [0, 0.1) is 29.1 Å². The summed E-state index contributed by atoms with van der Waals surface area (Å²) >= 11 is 0. The van der Waals surface area contributed by atoms with Crippen molar-refractivity contribution in [2.45, 2.75) is 6.61 Å². The van der Waals surface area contributed by atoms with Crippen LogP contribution in [0.1, 0.15) is 26.3 Å². The second kappa shape index (κ2) is 6.65. The normalized spacial score (nSPS) is 10.5. The number of esters is 1. The number of hydrogen-bond acceptors (Lipinski definition) is 3. The number of amides is 1. The zero-order chi connectivity index (χ0) is 18.0. The van der Waals surface area contributed by atoms with Gasteiger partial charge in [0.1, 0.15) is 6.61 Å². The maximum Gasteiger partial charge on any atom is 0.338 e. The lowest BCUT2D eigenvalue weighted by Gasteiger charge is -2.09. The number of nitrogens with two attached hydrogens (primary N) is 1. The first-order chi connectivity index (χ1) is 11.2. The van der Waals surface area contributed by atoms with Crippen LogP contribution in [0.2, 0.25) is 0 Å². The Morgan fingerprint density at radius 2 is 1.21 bits per heavy atom. The van der Waals surface area contributed by atoms with Crippen LogP contribution < -0.4 is 5.73 Å². The quantitative estimate of drug-likeness (QED) is 0.401. The lowest BCUT2D eigenvalue weighted by atomic mass is 10.1. The number of carbonyl (C=O) groups is 2. The van der Waals surface area contributed by atoms with E-state index in [0.29, 0.717) is 0 Å². The third-order valence-electron chi connectivity index (χ3n) is 3.05. The van der Waals surface area contributed by atoms with E-state index in [1.807, 2.05) is 0 Å². The molecule has 0 heterocycles. The summed E-state index contributed by atoms with van der Waals surface area (Å²) in [7, 11) is 0. The third kappa shape index (κ3) is 3.19. The highest BCUT2D eigenvalue weighted by atomic mass is 19.2. The molecule has 0 atom stereocenters. The van der Waals surface area contributed by atoms with Crippen molar-refractivity contribution in [3.05, 3.63) is 70.0 Å². The van der Waals surface area contributed by atoms with Crippen molar-refractivity contribution in [3.8, 4) is 0 Å². The van der Waals surface area contributed by atoms with Gasteiger partial charge in [-0.3, -0.25) is 4.79 Å². The molecule has 0 bridgehead atoms. The molecule has 0 saturated heterocycles. The molecule has 4 nitrogen and oxygen atoms in total. The molecule has 0 saturated carbocycles. The van der Waals surface area contributed by atoms with Gasteiger partial charge in [0.15, 0.2) is 23.3 Å². The molecular formula is C15H8F5NO3. The summed E-state index contributed by atoms with van der Waals surface area (Å²) in [5, 5.41) is 0. The van der Waals surface area contributed by atoms with Crippen molar-refractivity contribution in [1.29, 1.82) is 0 Å². The molecule has 0 radical (unpaired) electrons. The molecule has 0 fully saturated rings. The molecule has 126 valence electrons. The zero-order valence-electron chi connectivity index (χ0n) is 11.7. The molecule has 0 aromatic heterocycles. The van der Waals surface area contributed by atoms with Gasteiger partial charge in [0.2, 0.25) is 11.7 Å². The molecule has 0 aliphatic carbocycles. The second-order valence-electron chi connectivity index (χ2n) is 4.57. The van der Waals surface area contributed by atoms with Crippen LogP contribution in [-0.2, 0) is 11.3 Å². The van der Waals surface area contributed by atoms with Crippen molar-refractivity contribution in [2.75, 3.05) is 0 Å². The van der Waals surface area contributed by atoms with Crippen molar-refractivity contribution < 1.29 is 36.3 Å². The van der Waals surface area contributed by atoms with E-state index in [1.165, 1.54) is 12.1 Å². The number of halogens is 5. The fraction of sp³-hybridized carbons (Fsp3) is 0.0667. The first-order valence-corrected chi connectivity index (χ1v) is 6.31. The fourth-order valence-electron chi connectivity index (χ4n) is 1.77. The predicted molar refractivity (Wildman–Crippen MR) is 70.3 cm³/mol. The van der Waals surface area contributed by atoms with Gasteiger partial charge in [-0.25, -0.2) is 26.7 Å². The van der Waals surface area contributed by atoms with E-state index in [9.17, 15) is 31.5 Å². The number of primary amides is 1. The molecule has 2 N–H and O–H groups in total. The van der Waals surface area contributed by atoms with E-state index in [4.69, 9.17) is 5.73 Å². The number of rotatable bonds is 4. The summed E-state index contributed by atoms with van der Waals surface area (Å²) in [6.07, 6.45) is 0. The summed E-state index contributed by atoms with van der Waals surface area (Å²) in [6, 6.07) is 4.72. The highest BCUT2D eigenvalue weighted by Crippen LogP contribution is 2.23. The first kappa shape index (κ1) is 17.4. The maximum absolute atomic E-state index is 13.4. The largest absolute Gasteiger partial charge is 0.457 e. The SMILES string of the molecule is NC(=O)c1ccc(C(=O)OCc2c(F)c(F)c(F)c(F)c2F)cc1. The molecule has 2 aromatic carbocycles. The van der Waals surface area contributed by atoms with Gasteiger partial charge < -0.3 is 10.5 Å². The van der Waals surface area contributed by atoms with Gasteiger partial charge in [-0.1, -0.05) is 0 Å². The summed E-state index contributed by atoms with van der Waals surface area (Å²) in [5.41, 5.74) is 3.73. The van der Waals surface area contributed by atoms with E-state index in [2.05, 4.69) is 4.74 Å². The van der Waals surface area contributed by atoms with E-state index < -0.39 is 53.1 Å². The Morgan fingerprint density at radius 3 is 1.67 bits per heavy atom. The zero-order valence-corrected chi connectivity index (χ0v) is 11.7. The summed E-state index contributed by atoms with van der Waals surface area (Å²) in [6.45, 7) is -1.16. The summed E-state index contributed by atoms with van der Waals surface area (Å²) in [4.78, 5) is 22.6. The lowest BCUT2D eigenvalue weighted by molar-refractivity contribution is 0.0462. The Hall–Kier alpha value is -2.97. The molecule has 2 rings (SSSR count). The molecule has 0 aliphatic rings. The Bertz CT molecular complexity index is 792. The Balaban J connectivity index is 2.19. The van der Waals surface area contributed by atoms with Crippen molar-refractivity contribution >= 4 is 11.9 Å². The Labute approximate surface area is 131 Å². The molecule has 2 aromatic rings. The molecule has 0 aliphatic heterocycles. The maximum atomic E-state index is 13.4. The molecular weight excluding hydrogens is 337 g/mol. The molecule has 0 spiro atoms. The monoisotopic (exact) mass is 345 g/mol. The number of benzene rings is 2. The minimum Gasteiger partial charge on any atom is -0.457 e. The van der Waals surface area contributed by atoms with E-state index >= 15 is 0 Å². The summed E-state index contributed by atoms with van der Waals surface area (Å²) < 4.78 is 70.3. The van der Waals surface area contributed by atoms with Gasteiger partial charge in [-0.15, -0.1) is 0 Å². The number of hydrogen-bond donors (Lipinski definition) is 1. The number of carbonyl (C=O) groups excluding carboxylic acids is 2. The topological polar surface area (TPSA) is 69.4 Å². The van der Waals surface area contributed by atoms with Crippen LogP contribution in [-0.4, -0.2) is 11.9 Å². The smallest absolute Gasteiger partial charge is 0.338 e.